The van der Waals surface area contributed by atoms with E-state index in [0.717, 1.165) is 25.9 Å². The first-order valence-corrected chi connectivity index (χ1v) is 11.6. The van der Waals surface area contributed by atoms with E-state index in [0.29, 0.717) is 51.9 Å². The van der Waals surface area contributed by atoms with E-state index < -0.39 is 0 Å². The maximum atomic E-state index is 13.1. The first-order valence-electron chi connectivity index (χ1n) is 10.8. The molecule has 31 heavy (non-hydrogen) atoms. The van der Waals surface area contributed by atoms with Gasteiger partial charge in [0.15, 0.2) is 0 Å². The predicted molar refractivity (Wildman–Crippen MR) is 121 cm³/mol. The van der Waals surface area contributed by atoms with Crippen LogP contribution in [0.2, 0.25) is 0 Å². The van der Waals surface area contributed by atoms with Crippen LogP contribution in [0.3, 0.4) is 0 Å². The average molecular weight is 442 g/mol. The molecule has 1 amide bonds. The molecule has 7 nitrogen and oxygen atoms in total. The number of esters is 1. The number of aryl methyl sites for hydroxylation is 2. The molecule has 0 aliphatic carbocycles. The molecule has 1 aliphatic rings. The van der Waals surface area contributed by atoms with Crippen LogP contribution in [0.5, 0.6) is 0 Å². The van der Waals surface area contributed by atoms with Crippen molar-refractivity contribution in [3.05, 3.63) is 40.3 Å². The Labute approximate surface area is 184 Å². The van der Waals surface area contributed by atoms with E-state index in [4.69, 9.17) is 4.74 Å². The number of likely N-dealkylation sites (tertiary alicyclic amines) is 1. The highest BCUT2D eigenvalue weighted by Crippen LogP contribution is 2.32. The number of carbonyl (C=O) groups is 2. The van der Waals surface area contributed by atoms with Crippen molar-refractivity contribution in [3.63, 3.8) is 0 Å². The Kier molecular flexibility index (Phi) is 6.36. The van der Waals surface area contributed by atoms with Crippen molar-refractivity contribution in [3.8, 4) is 0 Å². The molecule has 164 valence electrons. The highest BCUT2D eigenvalue weighted by atomic mass is 32.1. The minimum absolute atomic E-state index is 0.0640. The Hall–Kier alpha value is -2.74. The molecule has 4 rings (SSSR count). The Bertz CT molecular complexity index is 1170. The van der Waals surface area contributed by atoms with Gasteiger partial charge < -0.3 is 9.64 Å². The molecule has 3 aromatic rings. The van der Waals surface area contributed by atoms with Gasteiger partial charge in [-0.15, -0.1) is 11.3 Å². The number of hydrogen-bond donors (Lipinski definition) is 0. The van der Waals surface area contributed by atoms with E-state index in [-0.39, 0.29) is 23.4 Å². The molecule has 3 heterocycles. The molecule has 0 atom stereocenters. The summed E-state index contributed by atoms with van der Waals surface area (Å²) in [6, 6.07) is 7.91. The lowest BCUT2D eigenvalue weighted by atomic mass is 9.97. The zero-order valence-corrected chi connectivity index (χ0v) is 18.7. The molecule has 1 aromatic carbocycles. The van der Waals surface area contributed by atoms with Gasteiger partial charge in [0.2, 0.25) is 5.91 Å². The van der Waals surface area contributed by atoms with Crippen molar-refractivity contribution in [2.24, 2.45) is 5.92 Å². The van der Waals surface area contributed by atoms with Crippen LogP contribution in [0.15, 0.2) is 29.1 Å². The van der Waals surface area contributed by atoms with Crippen LogP contribution in [-0.2, 0) is 20.9 Å². The second-order valence-corrected chi connectivity index (χ2v) is 8.98. The van der Waals surface area contributed by atoms with Gasteiger partial charge in [0, 0.05) is 36.1 Å². The molecular weight excluding hydrogens is 414 g/mol. The maximum absolute atomic E-state index is 13.1. The number of amides is 1. The highest BCUT2D eigenvalue weighted by molar-refractivity contribution is 7.26. The third-order valence-electron chi connectivity index (χ3n) is 5.87. The molecule has 1 saturated heterocycles. The first-order chi connectivity index (χ1) is 15.0. The molecule has 1 aliphatic heterocycles. The van der Waals surface area contributed by atoms with Gasteiger partial charge in [0.1, 0.15) is 0 Å². The molecule has 0 bridgehead atoms. The van der Waals surface area contributed by atoms with Gasteiger partial charge in [0.05, 0.1) is 28.3 Å². The summed E-state index contributed by atoms with van der Waals surface area (Å²) in [6.45, 7) is 5.67. The summed E-state index contributed by atoms with van der Waals surface area (Å²) < 4.78 is 8.59. The lowest BCUT2D eigenvalue weighted by Crippen LogP contribution is -2.40. The molecule has 0 spiro atoms. The van der Waals surface area contributed by atoms with E-state index >= 15 is 0 Å². The number of fused-ring (bicyclic) bond motifs is 3. The number of ether oxygens (including phenoxy) is 1. The Balaban J connectivity index is 1.38. The van der Waals surface area contributed by atoms with E-state index in [2.05, 4.69) is 5.10 Å². The minimum atomic E-state index is -0.160. The third kappa shape index (κ3) is 4.35. The predicted octanol–water partition coefficient (Wildman–Crippen LogP) is 3.50. The maximum Gasteiger partial charge on any atom is 0.309 e. The highest BCUT2D eigenvalue weighted by Gasteiger charge is 2.28. The van der Waals surface area contributed by atoms with Crippen molar-refractivity contribution < 1.29 is 14.3 Å². The van der Waals surface area contributed by atoms with Gasteiger partial charge in [-0.3, -0.25) is 14.4 Å². The van der Waals surface area contributed by atoms with Crippen LogP contribution in [0, 0.1) is 12.8 Å². The molecule has 0 N–H and O–H groups in total. The van der Waals surface area contributed by atoms with Gasteiger partial charge in [-0.05, 0) is 39.2 Å². The van der Waals surface area contributed by atoms with Crippen LogP contribution in [-0.4, -0.2) is 46.3 Å². The number of aromatic nitrogens is 2. The number of benzene rings is 1. The summed E-state index contributed by atoms with van der Waals surface area (Å²) in [6.07, 6.45) is 2.20. The van der Waals surface area contributed by atoms with Crippen molar-refractivity contribution in [1.82, 2.24) is 14.7 Å². The molecule has 8 heteroatoms. The van der Waals surface area contributed by atoms with Crippen LogP contribution >= 0.6 is 11.3 Å². The number of rotatable bonds is 6. The molecule has 0 unspecified atom stereocenters. The topological polar surface area (TPSA) is 81.5 Å². The molecule has 0 saturated carbocycles. The summed E-state index contributed by atoms with van der Waals surface area (Å²) in [4.78, 5) is 39.3. The summed E-state index contributed by atoms with van der Waals surface area (Å²) in [5.74, 6) is -0.206. The van der Waals surface area contributed by atoms with Crippen LogP contribution < -0.4 is 5.56 Å². The monoisotopic (exact) mass is 441 g/mol. The van der Waals surface area contributed by atoms with Gasteiger partial charge in [0.25, 0.3) is 5.56 Å². The lowest BCUT2D eigenvalue weighted by molar-refractivity contribution is -0.151. The zero-order chi connectivity index (χ0) is 22.0. The average Bonchev–Trinajstić information content (AvgIpc) is 3.18. The number of hydrogen-bond acceptors (Lipinski definition) is 6. The smallest absolute Gasteiger partial charge is 0.309 e. The number of thiophene rings is 1. The summed E-state index contributed by atoms with van der Waals surface area (Å²) in [7, 11) is 0. The van der Waals surface area contributed by atoms with E-state index in [9.17, 15) is 14.4 Å². The second-order valence-electron chi connectivity index (χ2n) is 7.93. The fraction of sp³-hybridized carbons (Fsp3) is 0.478. The van der Waals surface area contributed by atoms with E-state index in [1.807, 2.05) is 36.1 Å². The fourth-order valence-electron chi connectivity index (χ4n) is 4.23. The van der Waals surface area contributed by atoms with Crippen molar-refractivity contribution in [2.75, 3.05) is 19.7 Å². The number of piperidine rings is 1. The summed E-state index contributed by atoms with van der Waals surface area (Å²) >= 11 is 1.59. The molecular formula is C23H27N3O4S. The van der Waals surface area contributed by atoms with Gasteiger partial charge >= 0.3 is 5.97 Å². The SMILES string of the molecule is CCOC(=O)C1CCN(C(=O)CCCn2nc(C)c3sc4ccccc4c3c2=O)CC1. The fourth-order valence-corrected chi connectivity index (χ4v) is 5.36. The normalized spacial score (nSPS) is 15.0. The molecule has 1 fully saturated rings. The largest absolute Gasteiger partial charge is 0.466 e. The zero-order valence-electron chi connectivity index (χ0n) is 17.9. The Morgan fingerprint density at radius 1 is 1.23 bits per heavy atom. The Morgan fingerprint density at radius 2 is 1.97 bits per heavy atom. The Morgan fingerprint density at radius 3 is 2.71 bits per heavy atom. The minimum Gasteiger partial charge on any atom is -0.466 e. The van der Waals surface area contributed by atoms with Gasteiger partial charge in [-0.1, -0.05) is 18.2 Å². The summed E-state index contributed by atoms with van der Waals surface area (Å²) in [5.41, 5.74) is 0.740. The van der Waals surface area contributed by atoms with Gasteiger partial charge in [-0.2, -0.15) is 5.10 Å². The molecule has 0 radical (unpaired) electrons. The quantitative estimate of drug-likeness (QED) is 0.547. The number of carbonyl (C=O) groups excluding carboxylic acids is 2. The van der Waals surface area contributed by atoms with Gasteiger partial charge in [-0.25, -0.2) is 4.68 Å². The molecule has 2 aromatic heterocycles. The summed E-state index contributed by atoms with van der Waals surface area (Å²) in [5, 5.41) is 6.18. The number of nitrogens with zero attached hydrogens (tertiary/aromatic N) is 3. The van der Waals surface area contributed by atoms with Crippen molar-refractivity contribution in [2.45, 2.75) is 46.1 Å². The van der Waals surface area contributed by atoms with Crippen molar-refractivity contribution in [1.29, 1.82) is 0 Å². The van der Waals surface area contributed by atoms with Crippen LogP contribution in [0.4, 0.5) is 0 Å². The van der Waals surface area contributed by atoms with E-state index in [1.54, 1.807) is 18.3 Å². The first kappa shape index (κ1) is 21.5. The van der Waals surface area contributed by atoms with E-state index in [1.165, 1.54) is 4.68 Å². The second kappa shape index (κ2) is 9.18. The van der Waals surface area contributed by atoms with Crippen LogP contribution in [0.25, 0.3) is 20.2 Å². The third-order valence-corrected chi connectivity index (χ3v) is 7.15. The van der Waals surface area contributed by atoms with Crippen molar-refractivity contribution >= 4 is 43.4 Å². The standard InChI is InChI=1S/C23H27N3O4S/c1-3-30-23(29)16-10-13-25(14-11-16)19(27)9-6-12-26-22(28)20-17-7-4-5-8-18(17)31-21(20)15(2)24-26/h4-5,7-8,16H,3,6,9-14H2,1-2H3. The lowest BCUT2D eigenvalue weighted by Gasteiger charge is -2.31. The van der Waals surface area contributed by atoms with Crippen LogP contribution in [0.1, 0.15) is 38.3 Å².